The fraction of sp³-hybridized carbons (Fsp3) is 0.167. The molecule has 3 aromatic rings. The number of halogens is 3. The van der Waals surface area contributed by atoms with Gasteiger partial charge in [-0.25, -0.2) is 9.59 Å². The second-order valence-electron chi connectivity index (χ2n) is 5.66. The van der Waals surface area contributed by atoms with E-state index in [4.69, 9.17) is 4.74 Å². The highest BCUT2D eigenvalue weighted by Gasteiger charge is 2.30. The number of esters is 1. The van der Waals surface area contributed by atoms with Crippen LogP contribution in [0.2, 0.25) is 0 Å². The molecular weight excluding hydrogens is 377 g/mol. The van der Waals surface area contributed by atoms with E-state index in [2.05, 4.69) is 15.4 Å². The average Bonchev–Trinajstić information content (AvgIpc) is 3.02. The van der Waals surface area contributed by atoms with Crippen LogP contribution in [-0.4, -0.2) is 27.3 Å². The number of carbonyl (C=O) groups is 1. The van der Waals surface area contributed by atoms with Crippen LogP contribution in [0.15, 0.2) is 53.3 Å². The first kappa shape index (κ1) is 19.2. The summed E-state index contributed by atoms with van der Waals surface area (Å²) in [5, 5.41) is 6.78. The lowest BCUT2D eigenvalue weighted by Gasteiger charge is -2.08. The largest absolute Gasteiger partial charge is 0.462 e. The molecule has 0 saturated carbocycles. The van der Waals surface area contributed by atoms with Gasteiger partial charge in [-0.1, -0.05) is 6.07 Å². The van der Waals surface area contributed by atoms with Crippen molar-refractivity contribution in [2.24, 2.45) is 0 Å². The Hall–Kier alpha value is -3.56. The smallest absolute Gasteiger partial charge is 0.416 e. The maximum atomic E-state index is 12.9. The van der Waals surface area contributed by atoms with Crippen LogP contribution in [0.25, 0.3) is 5.69 Å². The zero-order valence-electron chi connectivity index (χ0n) is 14.6. The number of hydrogen-bond donors (Lipinski definition) is 2. The second kappa shape index (κ2) is 7.59. The van der Waals surface area contributed by atoms with Gasteiger partial charge in [0, 0.05) is 5.69 Å². The molecular formula is C18H15F3N4O3. The summed E-state index contributed by atoms with van der Waals surface area (Å²) in [5.74, 6) is -0.428. The second-order valence-corrected chi connectivity index (χ2v) is 5.66. The van der Waals surface area contributed by atoms with Crippen LogP contribution >= 0.6 is 0 Å². The lowest BCUT2D eigenvalue weighted by atomic mass is 10.2. The van der Waals surface area contributed by atoms with E-state index in [1.807, 2.05) is 0 Å². The average molecular weight is 392 g/mol. The minimum Gasteiger partial charge on any atom is -0.462 e. The Balaban J connectivity index is 1.82. The molecule has 0 aliphatic rings. The van der Waals surface area contributed by atoms with Gasteiger partial charge in [-0.2, -0.15) is 17.9 Å². The van der Waals surface area contributed by atoms with E-state index in [0.29, 0.717) is 11.3 Å². The quantitative estimate of drug-likeness (QED) is 0.649. The number of rotatable bonds is 5. The summed E-state index contributed by atoms with van der Waals surface area (Å²) in [6, 6.07) is 10.5. The van der Waals surface area contributed by atoms with E-state index < -0.39 is 23.4 Å². The maximum absolute atomic E-state index is 12.9. The summed E-state index contributed by atoms with van der Waals surface area (Å²) in [7, 11) is 0. The molecule has 0 radical (unpaired) electrons. The molecule has 0 unspecified atom stereocenters. The van der Waals surface area contributed by atoms with Crippen molar-refractivity contribution in [2.45, 2.75) is 13.1 Å². The summed E-state index contributed by atoms with van der Waals surface area (Å²) >= 11 is 0. The minimum absolute atomic E-state index is 0.0261. The van der Waals surface area contributed by atoms with Crippen LogP contribution in [0, 0.1) is 0 Å². The van der Waals surface area contributed by atoms with Crippen LogP contribution in [-0.2, 0) is 10.9 Å². The van der Waals surface area contributed by atoms with Crippen LogP contribution in [0.5, 0.6) is 0 Å². The summed E-state index contributed by atoms with van der Waals surface area (Å²) in [6.45, 7) is 1.96. The normalized spacial score (nSPS) is 11.3. The van der Waals surface area contributed by atoms with Crippen molar-refractivity contribution in [1.29, 1.82) is 0 Å². The first-order chi connectivity index (χ1) is 13.3. The number of alkyl halides is 3. The molecule has 0 spiro atoms. The predicted molar refractivity (Wildman–Crippen MR) is 94.9 cm³/mol. The molecule has 3 rings (SSSR count). The van der Waals surface area contributed by atoms with Crippen LogP contribution < -0.4 is 11.0 Å². The third-order valence-corrected chi connectivity index (χ3v) is 3.69. The van der Waals surface area contributed by atoms with Crippen molar-refractivity contribution in [3.05, 3.63) is 70.1 Å². The molecule has 10 heteroatoms. The van der Waals surface area contributed by atoms with Crippen molar-refractivity contribution in [1.82, 2.24) is 14.8 Å². The number of aromatic nitrogens is 3. The van der Waals surface area contributed by atoms with Crippen molar-refractivity contribution >= 4 is 17.6 Å². The fourth-order valence-electron chi connectivity index (χ4n) is 2.41. The number of carbonyl (C=O) groups excluding carboxylic acids is 1. The van der Waals surface area contributed by atoms with Gasteiger partial charge in [0.2, 0.25) is 5.95 Å². The van der Waals surface area contributed by atoms with Crippen LogP contribution in [0.1, 0.15) is 22.8 Å². The first-order valence-electron chi connectivity index (χ1n) is 8.19. The summed E-state index contributed by atoms with van der Waals surface area (Å²) in [4.78, 5) is 26.1. The number of benzene rings is 2. The zero-order valence-corrected chi connectivity index (χ0v) is 14.6. The van der Waals surface area contributed by atoms with Crippen molar-refractivity contribution in [2.75, 3.05) is 11.9 Å². The molecule has 1 aromatic heterocycles. The highest BCUT2D eigenvalue weighted by Crippen LogP contribution is 2.30. The van der Waals surface area contributed by atoms with Gasteiger partial charge in [0.15, 0.2) is 0 Å². The number of nitrogens with one attached hydrogen (secondary N) is 2. The summed E-state index contributed by atoms with van der Waals surface area (Å²) in [6.07, 6.45) is -4.53. The number of H-pyrrole nitrogens is 1. The molecule has 2 aromatic carbocycles. The number of ether oxygens (including phenoxy) is 1. The van der Waals surface area contributed by atoms with Gasteiger partial charge < -0.3 is 10.1 Å². The van der Waals surface area contributed by atoms with E-state index in [-0.39, 0.29) is 18.2 Å². The van der Waals surface area contributed by atoms with E-state index in [0.717, 1.165) is 16.8 Å². The molecule has 0 bridgehead atoms. The zero-order chi connectivity index (χ0) is 20.3. The third kappa shape index (κ3) is 4.22. The Labute approximate surface area is 156 Å². The molecule has 0 aliphatic carbocycles. The standard InChI is InChI=1S/C18H15F3N4O3/c1-2-28-15(26)11-6-8-13(9-7-11)22-16-23-17(27)25(24-16)14-5-3-4-12(10-14)18(19,20)21/h3-10H,2H2,1H3,(H2,22,23,24,27). The lowest BCUT2D eigenvalue weighted by Crippen LogP contribution is -2.16. The molecule has 0 atom stereocenters. The number of nitrogens with zero attached hydrogens (tertiary/aromatic N) is 2. The van der Waals surface area contributed by atoms with Gasteiger partial charge in [0.25, 0.3) is 0 Å². The number of hydrogen-bond acceptors (Lipinski definition) is 5. The molecule has 0 amide bonds. The summed E-state index contributed by atoms with van der Waals surface area (Å²) in [5.41, 5.74) is -0.746. The van der Waals surface area contributed by atoms with Gasteiger partial charge in [0.05, 0.1) is 23.4 Å². The monoisotopic (exact) mass is 392 g/mol. The molecule has 0 fully saturated rings. The maximum Gasteiger partial charge on any atom is 0.416 e. The van der Waals surface area contributed by atoms with E-state index in [1.165, 1.54) is 24.3 Å². The Morgan fingerprint density at radius 1 is 1.21 bits per heavy atom. The Bertz CT molecular complexity index is 1040. The number of aromatic amines is 1. The van der Waals surface area contributed by atoms with Crippen molar-refractivity contribution in [3.8, 4) is 5.69 Å². The topological polar surface area (TPSA) is 89.0 Å². The van der Waals surface area contributed by atoms with E-state index in [9.17, 15) is 22.8 Å². The van der Waals surface area contributed by atoms with Crippen molar-refractivity contribution < 1.29 is 22.7 Å². The molecule has 7 nitrogen and oxygen atoms in total. The minimum atomic E-state index is -4.53. The summed E-state index contributed by atoms with van der Waals surface area (Å²) < 4.78 is 44.3. The Morgan fingerprint density at radius 3 is 2.57 bits per heavy atom. The van der Waals surface area contributed by atoms with Gasteiger partial charge in [-0.15, -0.1) is 5.10 Å². The molecule has 2 N–H and O–H groups in total. The lowest BCUT2D eigenvalue weighted by molar-refractivity contribution is -0.137. The van der Waals surface area contributed by atoms with Gasteiger partial charge in [-0.05, 0) is 49.4 Å². The fourth-order valence-corrected chi connectivity index (χ4v) is 2.41. The third-order valence-electron chi connectivity index (χ3n) is 3.69. The first-order valence-corrected chi connectivity index (χ1v) is 8.19. The highest BCUT2D eigenvalue weighted by molar-refractivity contribution is 5.89. The SMILES string of the molecule is CCOC(=O)c1ccc(Nc2nn(-c3cccc(C(F)(F)F)c3)c(=O)[nH]2)cc1. The van der Waals surface area contributed by atoms with Crippen LogP contribution in [0.3, 0.4) is 0 Å². The number of anilines is 2. The Kier molecular flexibility index (Phi) is 5.21. The van der Waals surface area contributed by atoms with Gasteiger partial charge >= 0.3 is 17.8 Å². The molecule has 28 heavy (non-hydrogen) atoms. The molecule has 1 heterocycles. The van der Waals surface area contributed by atoms with E-state index in [1.54, 1.807) is 19.1 Å². The molecule has 0 aliphatic heterocycles. The Morgan fingerprint density at radius 2 is 1.93 bits per heavy atom. The van der Waals surface area contributed by atoms with Crippen molar-refractivity contribution in [3.63, 3.8) is 0 Å². The highest BCUT2D eigenvalue weighted by atomic mass is 19.4. The molecule has 146 valence electrons. The van der Waals surface area contributed by atoms with Crippen LogP contribution in [0.4, 0.5) is 24.8 Å². The predicted octanol–water partition coefficient (Wildman–Crippen LogP) is 3.50. The van der Waals surface area contributed by atoms with E-state index >= 15 is 0 Å². The molecule has 0 saturated heterocycles. The van der Waals surface area contributed by atoms with Gasteiger partial charge in [0.1, 0.15) is 0 Å². The van der Waals surface area contributed by atoms with Gasteiger partial charge in [-0.3, -0.25) is 4.98 Å².